The predicted octanol–water partition coefficient (Wildman–Crippen LogP) is 3.72. The number of anilines is 1. The molecule has 0 aromatic heterocycles. The van der Waals surface area contributed by atoms with Crippen LogP contribution in [-0.2, 0) is 0 Å². The zero-order chi connectivity index (χ0) is 16.1. The lowest BCUT2D eigenvalue weighted by Gasteiger charge is -2.11. The first-order valence-corrected chi connectivity index (χ1v) is 7.34. The minimum atomic E-state index is 0.233. The van der Waals surface area contributed by atoms with Gasteiger partial charge in [-0.05, 0) is 74.4 Å². The Kier molecular flexibility index (Phi) is 5.12. The average molecular weight is 313 g/mol. The Bertz CT molecular complexity index is 708. The first-order chi connectivity index (χ1) is 10.5. The number of hydrazone groups is 1. The maximum absolute atomic E-state index is 9.28. The highest BCUT2D eigenvalue weighted by Crippen LogP contribution is 2.15. The minimum absolute atomic E-state index is 0.233. The number of thiocarbonyl (C=S) groups is 1. The Morgan fingerprint density at radius 2 is 1.77 bits per heavy atom. The minimum Gasteiger partial charge on any atom is -0.508 e. The van der Waals surface area contributed by atoms with E-state index in [2.05, 4.69) is 28.8 Å². The second-order valence-electron chi connectivity index (χ2n) is 5.13. The fourth-order valence-corrected chi connectivity index (χ4v) is 2.16. The van der Waals surface area contributed by atoms with Crippen molar-refractivity contribution in [3.05, 3.63) is 59.2 Å². The van der Waals surface area contributed by atoms with Gasteiger partial charge in [-0.1, -0.05) is 17.7 Å². The van der Waals surface area contributed by atoms with Crippen molar-refractivity contribution in [2.75, 3.05) is 5.32 Å². The molecule has 2 aromatic carbocycles. The van der Waals surface area contributed by atoms with Gasteiger partial charge >= 0.3 is 0 Å². The lowest BCUT2D eigenvalue weighted by Crippen LogP contribution is -2.25. The smallest absolute Gasteiger partial charge is 0.191 e. The van der Waals surface area contributed by atoms with Crippen LogP contribution in [0.4, 0.5) is 5.69 Å². The van der Waals surface area contributed by atoms with E-state index < -0.39 is 0 Å². The summed E-state index contributed by atoms with van der Waals surface area (Å²) >= 11 is 5.25. The third kappa shape index (κ3) is 4.30. The number of nitrogens with one attached hydrogen (secondary N) is 2. The molecule has 5 heteroatoms. The van der Waals surface area contributed by atoms with Crippen molar-refractivity contribution in [1.82, 2.24) is 5.43 Å². The first-order valence-electron chi connectivity index (χ1n) is 6.93. The molecule has 4 nitrogen and oxygen atoms in total. The van der Waals surface area contributed by atoms with Gasteiger partial charge in [-0.25, -0.2) is 0 Å². The van der Waals surface area contributed by atoms with Crippen molar-refractivity contribution in [2.45, 2.75) is 20.8 Å². The molecule has 114 valence electrons. The third-order valence-corrected chi connectivity index (χ3v) is 3.43. The van der Waals surface area contributed by atoms with E-state index in [4.69, 9.17) is 12.2 Å². The summed E-state index contributed by atoms with van der Waals surface area (Å²) in [6.07, 6.45) is 0. The van der Waals surface area contributed by atoms with Crippen LogP contribution in [0.3, 0.4) is 0 Å². The molecule has 0 aliphatic rings. The van der Waals surface area contributed by atoms with Crippen LogP contribution in [0.5, 0.6) is 5.75 Å². The molecule has 0 unspecified atom stereocenters. The predicted molar refractivity (Wildman–Crippen MR) is 95.6 cm³/mol. The molecule has 0 saturated heterocycles. The molecule has 22 heavy (non-hydrogen) atoms. The molecule has 0 radical (unpaired) electrons. The van der Waals surface area contributed by atoms with Crippen LogP contribution in [0.25, 0.3) is 0 Å². The van der Waals surface area contributed by atoms with Gasteiger partial charge in [-0.3, -0.25) is 5.43 Å². The maximum atomic E-state index is 9.28. The zero-order valence-electron chi connectivity index (χ0n) is 12.8. The van der Waals surface area contributed by atoms with E-state index in [-0.39, 0.29) is 5.75 Å². The molecule has 0 atom stereocenters. The monoisotopic (exact) mass is 313 g/mol. The van der Waals surface area contributed by atoms with Gasteiger partial charge in [-0.15, -0.1) is 0 Å². The number of rotatable bonds is 3. The molecule has 0 heterocycles. The van der Waals surface area contributed by atoms with Crippen LogP contribution in [-0.4, -0.2) is 15.9 Å². The molecule has 0 fully saturated rings. The van der Waals surface area contributed by atoms with Gasteiger partial charge in [0.1, 0.15) is 5.75 Å². The van der Waals surface area contributed by atoms with Crippen molar-refractivity contribution < 1.29 is 5.11 Å². The molecular formula is C17H19N3OS. The number of aromatic hydroxyl groups is 1. The summed E-state index contributed by atoms with van der Waals surface area (Å²) in [5, 5.41) is 17.1. The van der Waals surface area contributed by atoms with E-state index in [9.17, 15) is 5.11 Å². The molecule has 0 amide bonds. The number of benzene rings is 2. The summed E-state index contributed by atoms with van der Waals surface area (Å²) < 4.78 is 0. The normalized spacial score (nSPS) is 11.1. The summed E-state index contributed by atoms with van der Waals surface area (Å²) in [4.78, 5) is 0. The molecule has 2 aromatic rings. The van der Waals surface area contributed by atoms with Crippen molar-refractivity contribution in [3.8, 4) is 5.75 Å². The highest BCUT2D eigenvalue weighted by atomic mass is 32.1. The van der Waals surface area contributed by atoms with Gasteiger partial charge < -0.3 is 10.4 Å². The first kappa shape index (κ1) is 16.0. The standard InChI is InChI=1S/C17H19N3OS/c1-11-4-9-16(12(2)10-11)18-17(22)20-19-13(3)14-5-7-15(21)8-6-14/h4-10,21H,1-3H3,(H2,18,20,22)/b19-13+. The second kappa shape index (κ2) is 7.04. The van der Waals surface area contributed by atoms with Crippen molar-refractivity contribution >= 4 is 28.7 Å². The topological polar surface area (TPSA) is 56.7 Å². The van der Waals surface area contributed by atoms with E-state index in [1.54, 1.807) is 24.3 Å². The molecule has 2 rings (SSSR count). The summed E-state index contributed by atoms with van der Waals surface area (Å²) in [6, 6.07) is 13.0. The molecule has 0 aliphatic carbocycles. The molecule has 0 saturated carbocycles. The number of phenols is 1. The SMILES string of the molecule is C/C(=N\NC(=S)Nc1ccc(C)cc1C)c1ccc(O)cc1. The Hall–Kier alpha value is -2.40. The van der Waals surface area contributed by atoms with Crippen LogP contribution in [0.2, 0.25) is 0 Å². The fourth-order valence-electron chi connectivity index (χ4n) is 2.01. The molecule has 0 bridgehead atoms. The van der Waals surface area contributed by atoms with Gasteiger partial charge in [0, 0.05) is 5.69 Å². The molecular weight excluding hydrogens is 294 g/mol. The lowest BCUT2D eigenvalue weighted by molar-refractivity contribution is 0.475. The van der Waals surface area contributed by atoms with E-state index >= 15 is 0 Å². The summed E-state index contributed by atoms with van der Waals surface area (Å²) in [6.45, 7) is 5.96. The maximum Gasteiger partial charge on any atom is 0.191 e. The van der Waals surface area contributed by atoms with Crippen LogP contribution in [0.15, 0.2) is 47.6 Å². The van der Waals surface area contributed by atoms with Crippen LogP contribution < -0.4 is 10.7 Å². The highest BCUT2D eigenvalue weighted by molar-refractivity contribution is 7.80. The summed E-state index contributed by atoms with van der Waals surface area (Å²) in [7, 11) is 0. The van der Waals surface area contributed by atoms with Gasteiger partial charge in [0.05, 0.1) is 5.71 Å². The van der Waals surface area contributed by atoms with E-state index in [0.29, 0.717) is 5.11 Å². The Morgan fingerprint density at radius 1 is 1.09 bits per heavy atom. The number of phenolic OH excluding ortho intramolecular Hbond substituents is 1. The van der Waals surface area contributed by atoms with Gasteiger partial charge in [-0.2, -0.15) is 5.10 Å². The van der Waals surface area contributed by atoms with Gasteiger partial charge in [0.15, 0.2) is 5.11 Å². The summed E-state index contributed by atoms with van der Waals surface area (Å²) in [5.41, 5.74) is 7.83. The number of nitrogens with zero attached hydrogens (tertiary/aromatic N) is 1. The van der Waals surface area contributed by atoms with Crippen molar-refractivity contribution in [3.63, 3.8) is 0 Å². The Labute approximate surface area is 135 Å². The number of hydrogen-bond donors (Lipinski definition) is 3. The zero-order valence-corrected chi connectivity index (χ0v) is 13.7. The number of aryl methyl sites for hydroxylation is 2. The average Bonchev–Trinajstić information content (AvgIpc) is 2.48. The van der Waals surface area contributed by atoms with Crippen LogP contribution >= 0.6 is 12.2 Å². The lowest BCUT2D eigenvalue weighted by atomic mass is 10.1. The second-order valence-corrected chi connectivity index (χ2v) is 5.54. The number of hydrogen-bond acceptors (Lipinski definition) is 3. The largest absolute Gasteiger partial charge is 0.508 e. The van der Waals surface area contributed by atoms with E-state index in [0.717, 1.165) is 22.5 Å². The van der Waals surface area contributed by atoms with E-state index in [1.165, 1.54) is 5.56 Å². The van der Waals surface area contributed by atoms with Gasteiger partial charge in [0.25, 0.3) is 0 Å². The summed E-state index contributed by atoms with van der Waals surface area (Å²) in [5.74, 6) is 0.233. The molecule has 0 aliphatic heterocycles. The quantitative estimate of drug-likeness (QED) is 0.459. The van der Waals surface area contributed by atoms with Gasteiger partial charge in [0.2, 0.25) is 0 Å². The molecule has 3 N–H and O–H groups in total. The highest BCUT2D eigenvalue weighted by Gasteiger charge is 2.02. The Morgan fingerprint density at radius 3 is 2.41 bits per heavy atom. The van der Waals surface area contributed by atoms with Crippen LogP contribution in [0.1, 0.15) is 23.6 Å². The fraction of sp³-hybridized carbons (Fsp3) is 0.176. The third-order valence-electron chi connectivity index (χ3n) is 3.24. The van der Waals surface area contributed by atoms with Crippen LogP contribution in [0, 0.1) is 13.8 Å². The van der Waals surface area contributed by atoms with E-state index in [1.807, 2.05) is 26.0 Å². The van der Waals surface area contributed by atoms with Crippen molar-refractivity contribution in [1.29, 1.82) is 0 Å². The van der Waals surface area contributed by atoms with Crippen molar-refractivity contribution in [2.24, 2.45) is 5.10 Å². The Balaban J connectivity index is 1.99. The molecule has 0 spiro atoms.